The van der Waals surface area contributed by atoms with E-state index in [9.17, 15) is 14.7 Å². The Hall–Kier alpha value is -4.40. The number of fused-ring (bicyclic) bond motifs is 4. The number of aryl methyl sites for hydroxylation is 1. The number of hydrogen-bond acceptors (Lipinski definition) is 7. The molecule has 2 aliphatic rings. The minimum Gasteiger partial charge on any atom is -0.502 e. The molecule has 2 aliphatic heterocycles. The molecule has 4 heterocycles. The van der Waals surface area contributed by atoms with Gasteiger partial charge in [0.15, 0.2) is 17.3 Å². The average molecular weight is 503 g/mol. The lowest BCUT2D eigenvalue weighted by atomic mass is 9.90. The summed E-state index contributed by atoms with van der Waals surface area (Å²) in [5.41, 5.74) is 3.34. The monoisotopic (exact) mass is 502 g/mol. The normalized spacial score (nSPS) is 15.0. The van der Waals surface area contributed by atoms with Crippen LogP contribution in [0, 0.1) is 6.92 Å². The number of ether oxygens (including phenoxy) is 3. The van der Waals surface area contributed by atoms with Crippen LogP contribution < -0.4 is 19.6 Å². The largest absolute Gasteiger partial charge is 0.502 e. The zero-order valence-corrected chi connectivity index (χ0v) is 20.5. The molecule has 9 heteroatoms. The second-order valence-electron chi connectivity index (χ2n) is 9.34. The van der Waals surface area contributed by atoms with Gasteiger partial charge in [-0.15, -0.1) is 0 Å². The molecule has 0 fully saturated rings. The summed E-state index contributed by atoms with van der Waals surface area (Å²) in [6.07, 6.45) is 0.705. The maximum Gasteiger partial charge on any atom is 0.231 e. The molecule has 1 amide bonds. The van der Waals surface area contributed by atoms with Gasteiger partial charge in [-0.25, -0.2) is 0 Å². The highest BCUT2D eigenvalue weighted by Crippen LogP contribution is 2.45. The molecule has 2 N–H and O–H groups in total. The molecular weight excluding hydrogens is 476 g/mol. The topological polar surface area (TPSA) is 114 Å². The maximum atomic E-state index is 13.7. The number of carbonyl (C=O) groups excluding carboxylic acids is 1. The van der Waals surface area contributed by atoms with Crippen LogP contribution in [0.15, 0.2) is 51.7 Å². The third kappa shape index (κ3) is 3.96. The number of methoxy groups -OCH3 is 1. The molecule has 2 aromatic carbocycles. The number of para-hydroxylation sites is 1. The zero-order valence-electron chi connectivity index (χ0n) is 20.5. The summed E-state index contributed by atoms with van der Waals surface area (Å²) < 4.78 is 22.4. The highest BCUT2D eigenvalue weighted by atomic mass is 16.7. The number of amides is 1. The fraction of sp³-hybridized carbons (Fsp3) is 0.286. The number of H-pyrrole nitrogens is 1. The Morgan fingerprint density at radius 2 is 2.05 bits per heavy atom. The van der Waals surface area contributed by atoms with Gasteiger partial charge in [-0.3, -0.25) is 9.59 Å². The molecule has 6 rings (SSSR count). The van der Waals surface area contributed by atoms with Crippen LogP contribution >= 0.6 is 0 Å². The van der Waals surface area contributed by atoms with Crippen LogP contribution in [0.25, 0.3) is 10.9 Å². The van der Waals surface area contributed by atoms with Gasteiger partial charge in [-0.2, -0.15) is 0 Å². The van der Waals surface area contributed by atoms with Crippen LogP contribution in [-0.2, 0) is 17.8 Å². The Kier molecular flexibility index (Phi) is 5.55. The lowest BCUT2D eigenvalue weighted by molar-refractivity contribution is -0.132. The number of rotatable bonds is 5. The maximum absolute atomic E-state index is 13.7. The molecule has 0 saturated carbocycles. The molecule has 0 unspecified atom stereocenters. The summed E-state index contributed by atoms with van der Waals surface area (Å²) in [7, 11) is 1.51. The SMILES string of the molecule is COc1cc([C@@H](CC(=O)N2CCc3c([nH]c4ccccc34)C2)c2oc(C)cc(=O)c2O)cc2c1OCO2. The van der Waals surface area contributed by atoms with E-state index < -0.39 is 17.1 Å². The van der Waals surface area contributed by atoms with Crippen LogP contribution in [-0.4, -0.2) is 41.3 Å². The zero-order chi connectivity index (χ0) is 25.7. The van der Waals surface area contributed by atoms with E-state index in [0.29, 0.717) is 41.7 Å². The van der Waals surface area contributed by atoms with Crippen molar-refractivity contribution in [3.8, 4) is 23.0 Å². The first kappa shape index (κ1) is 23.0. The number of aromatic hydroxyl groups is 1. The van der Waals surface area contributed by atoms with Crippen molar-refractivity contribution in [3.63, 3.8) is 0 Å². The molecule has 0 bridgehead atoms. The third-order valence-electron chi connectivity index (χ3n) is 7.09. The Labute approximate surface area is 212 Å². The molecule has 0 radical (unpaired) electrons. The van der Waals surface area contributed by atoms with Gasteiger partial charge in [0.2, 0.25) is 29.6 Å². The van der Waals surface area contributed by atoms with E-state index >= 15 is 0 Å². The van der Waals surface area contributed by atoms with E-state index in [0.717, 1.165) is 17.6 Å². The number of nitrogens with one attached hydrogen (secondary N) is 1. The second-order valence-corrected chi connectivity index (χ2v) is 9.34. The van der Waals surface area contributed by atoms with Gasteiger partial charge in [0.1, 0.15) is 5.76 Å². The van der Waals surface area contributed by atoms with E-state index in [2.05, 4.69) is 11.1 Å². The van der Waals surface area contributed by atoms with Gasteiger partial charge >= 0.3 is 0 Å². The number of aromatic nitrogens is 1. The van der Waals surface area contributed by atoms with Crippen molar-refractivity contribution in [1.82, 2.24) is 9.88 Å². The molecule has 9 nitrogen and oxygen atoms in total. The van der Waals surface area contributed by atoms with Gasteiger partial charge in [-0.05, 0) is 42.7 Å². The first-order chi connectivity index (χ1) is 17.9. The van der Waals surface area contributed by atoms with Gasteiger partial charge in [-0.1, -0.05) is 18.2 Å². The number of aromatic amines is 1. The summed E-state index contributed by atoms with van der Waals surface area (Å²) in [5, 5.41) is 11.9. The molecule has 1 atom stereocenters. The Morgan fingerprint density at radius 1 is 1.22 bits per heavy atom. The van der Waals surface area contributed by atoms with Gasteiger partial charge in [0.05, 0.1) is 19.6 Å². The number of nitrogens with zero attached hydrogens (tertiary/aromatic N) is 1. The van der Waals surface area contributed by atoms with E-state index in [1.165, 1.54) is 24.1 Å². The first-order valence-corrected chi connectivity index (χ1v) is 12.1. The van der Waals surface area contributed by atoms with Crippen LogP contribution in [0.2, 0.25) is 0 Å². The molecular formula is C28H26N2O7. The lowest BCUT2D eigenvalue weighted by Crippen LogP contribution is -2.36. The highest BCUT2D eigenvalue weighted by molar-refractivity contribution is 5.86. The Bertz CT molecular complexity index is 1590. The van der Waals surface area contributed by atoms with Gasteiger partial charge in [0, 0.05) is 35.6 Å². The second kappa shape index (κ2) is 8.92. The van der Waals surface area contributed by atoms with Crippen molar-refractivity contribution in [3.05, 3.63) is 81.0 Å². The number of hydrogen-bond donors (Lipinski definition) is 2. The summed E-state index contributed by atoms with van der Waals surface area (Å²) in [4.78, 5) is 31.3. The van der Waals surface area contributed by atoms with Crippen molar-refractivity contribution in [2.24, 2.45) is 0 Å². The van der Waals surface area contributed by atoms with Crippen molar-refractivity contribution in [2.45, 2.75) is 32.2 Å². The molecule has 190 valence electrons. The smallest absolute Gasteiger partial charge is 0.231 e. The minimum absolute atomic E-state index is 0.0295. The minimum atomic E-state index is -0.757. The average Bonchev–Trinajstić information content (AvgIpc) is 3.52. The Balaban J connectivity index is 1.37. The fourth-order valence-corrected chi connectivity index (χ4v) is 5.28. The molecule has 0 spiro atoms. The Morgan fingerprint density at radius 3 is 2.89 bits per heavy atom. The first-order valence-electron chi connectivity index (χ1n) is 12.1. The van der Waals surface area contributed by atoms with Crippen LogP contribution in [0.4, 0.5) is 0 Å². The van der Waals surface area contributed by atoms with Crippen LogP contribution in [0.5, 0.6) is 23.0 Å². The van der Waals surface area contributed by atoms with Gasteiger partial charge < -0.3 is 33.6 Å². The van der Waals surface area contributed by atoms with Crippen LogP contribution in [0.1, 0.15) is 40.7 Å². The summed E-state index contributed by atoms with van der Waals surface area (Å²) in [6.45, 7) is 2.69. The van der Waals surface area contributed by atoms with E-state index in [-0.39, 0.29) is 24.9 Å². The molecule has 2 aromatic heterocycles. The molecule has 0 saturated heterocycles. The van der Waals surface area contributed by atoms with Gasteiger partial charge in [0.25, 0.3) is 0 Å². The molecule has 0 aliphatic carbocycles. The lowest BCUT2D eigenvalue weighted by Gasteiger charge is -2.29. The summed E-state index contributed by atoms with van der Waals surface area (Å²) >= 11 is 0. The fourth-order valence-electron chi connectivity index (χ4n) is 5.28. The molecule has 4 aromatic rings. The third-order valence-corrected chi connectivity index (χ3v) is 7.09. The quantitative estimate of drug-likeness (QED) is 0.424. The summed E-state index contributed by atoms with van der Waals surface area (Å²) in [6, 6.07) is 12.8. The van der Waals surface area contributed by atoms with Crippen molar-refractivity contribution >= 4 is 16.8 Å². The van der Waals surface area contributed by atoms with E-state index in [1.807, 2.05) is 18.2 Å². The number of benzene rings is 2. The van der Waals surface area contributed by atoms with E-state index in [1.54, 1.807) is 24.0 Å². The molecule has 37 heavy (non-hydrogen) atoms. The summed E-state index contributed by atoms with van der Waals surface area (Å²) in [5.74, 6) is 0.318. The van der Waals surface area contributed by atoms with Crippen molar-refractivity contribution < 1.29 is 28.5 Å². The standard InChI is InChI=1S/C28H26N2O7/c1-15-9-22(31)26(33)27(37-15)19(16-10-23(34-2)28-24(11-16)35-14-36-28)12-25(32)30-8-7-18-17-5-3-4-6-20(17)29-21(18)13-30/h3-6,9-11,19,29,33H,7-8,12-14H2,1-2H3/t19-/m1/s1. The predicted octanol–water partition coefficient (Wildman–Crippen LogP) is 3.98. The van der Waals surface area contributed by atoms with Crippen molar-refractivity contribution in [1.29, 1.82) is 0 Å². The van der Waals surface area contributed by atoms with Crippen LogP contribution in [0.3, 0.4) is 0 Å². The predicted molar refractivity (Wildman–Crippen MR) is 134 cm³/mol. The van der Waals surface area contributed by atoms with Crippen molar-refractivity contribution in [2.75, 3.05) is 20.4 Å². The van der Waals surface area contributed by atoms with E-state index in [4.69, 9.17) is 18.6 Å². The number of carbonyl (C=O) groups is 1. The highest BCUT2D eigenvalue weighted by Gasteiger charge is 2.32.